The summed E-state index contributed by atoms with van der Waals surface area (Å²) < 4.78 is 9.31. The van der Waals surface area contributed by atoms with E-state index in [1.165, 1.54) is 67.3 Å². The van der Waals surface area contributed by atoms with E-state index in [0.29, 0.717) is 0 Å². The molecular weight excluding hydrogens is 629 g/mol. The number of thiophene rings is 2. The van der Waals surface area contributed by atoms with Gasteiger partial charge in [0.2, 0.25) is 0 Å². The maximum atomic E-state index is 4.34. The molecular formula is C31H26BBrN3S3Si. The molecule has 4 aromatic carbocycles. The molecule has 0 aliphatic heterocycles. The molecule has 0 fully saturated rings. The van der Waals surface area contributed by atoms with Crippen molar-refractivity contribution in [3.8, 4) is 0 Å². The summed E-state index contributed by atoms with van der Waals surface area (Å²) in [6.07, 6.45) is 4.04. The van der Waals surface area contributed by atoms with Crippen LogP contribution < -0.4 is 5.19 Å². The van der Waals surface area contributed by atoms with E-state index >= 15 is 0 Å². The van der Waals surface area contributed by atoms with Gasteiger partial charge in [0, 0.05) is 79.0 Å². The fourth-order valence-electron chi connectivity index (χ4n) is 5.26. The Morgan fingerprint density at radius 2 is 1.15 bits per heavy atom. The van der Waals surface area contributed by atoms with Crippen LogP contribution in [0.1, 0.15) is 0 Å². The molecule has 4 heterocycles. The first-order valence-electron chi connectivity index (χ1n) is 12.8. The van der Waals surface area contributed by atoms with Crippen LogP contribution in [-0.4, -0.2) is 25.7 Å². The predicted molar refractivity (Wildman–Crippen MR) is 190 cm³/mol. The van der Waals surface area contributed by atoms with Gasteiger partial charge in [0.15, 0.2) is 0 Å². The number of hydrogen-bond donors (Lipinski definition) is 3. The molecule has 0 aliphatic rings. The average Bonchev–Trinajstić information content (AvgIpc) is 3.71. The van der Waals surface area contributed by atoms with Crippen LogP contribution in [0.4, 0.5) is 0 Å². The number of nitrogens with zero attached hydrogens (tertiary/aromatic N) is 1. The third-order valence-corrected chi connectivity index (χ3v) is 12.0. The van der Waals surface area contributed by atoms with Crippen LogP contribution in [0.25, 0.3) is 62.2 Å². The van der Waals surface area contributed by atoms with Gasteiger partial charge in [0.25, 0.3) is 0 Å². The summed E-state index contributed by atoms with van der Waals surface area (Å²) in [7, 11) is 3.07. The minimum atomic E-state index is -1.27. The van der Waals surface area contributed by atoms with Crippen molar-refractivity contribution in [2.24, 2.45) is 4.30 Å². The molecule has 0 spiro atoms. The topological polar surface area (TPSA) is 43.9 Å². The first-order chi connectivity index (χ1) is 19.3. The number of benzene rings is 4. The second kappa shape index (κ2) is 10.9. The molecule has 0 amide bonds. The van der Waals surface area contributed by atoms with Crippen molar-refractivity contribution >= 4 is 134 Å². The Hall–Kier alpha value is -2.69. The number of rotatable bonds is 1. The standard InChI is InChI=1S/C17H17NSSi.C14H8BrNS.BHNS/c1-20(2,3)11-4-6-15-13(10-11)17-12-8-9-18-14(12)5-7-16(17)19-15;15-8-1-3-12-10(7-8)14-9-5-6-16-11(9)2-4-13(14)17-12;1-2-3/h4-10,18H,1-3H3;1-7,16H;3H. The van der Waals surface area contributed by atoms with E-state index in [0.717, 1.165) is 4.47 Å². The van der Waals surface area contributed by atoms with Crippen molar-refractivity contribution in [1.29, 1.82) is 0 Å². The third kappa shape index (κ3) is 4.99. The van der Waals surface area contributed by atoms with E-state index in [-0.39, 0.29) is 0 Å². The summed E-state index contributed by atoms with van der Waals surface area (Å²) in [5.41, 5.74) is 2.44. The molecule has 0 bridgehead atoms. The van der Waals surface area contributed by atoms with Gasteiger partial charge in [0.05, 0.1) is 8.07 Å². The number of fused-ring (bicyclic) bond motifs is 10. The van der Waals surface area contributed by atoms with Crippen LogP contribution in [0.5, 0.6) is 0 Å². The Morgan fingerprint density at radius 1 is 0.675 bits per heavy atom. The Kier molecular flexibility index (Phi) is 7.52. The SMILES string of the molecule is Brc1ccc2sc3ccc4[nH]ccc4c3c2c1.C[Si](C)(C)c1ccc2sc3ccc4[nH]ccc4c3c2c1.[B]=NS. The summed E-state index contributed by atoms with van der Waals surface area (Å²) >= 11 is 10.5. The molecule has 197 valence electrons. The van der Waals surface area contributed by atoms with Gasteiger partial charge in [-0.2, -0.15) is 0 Å². The van der Waals surface area contributed by atoms with Gasteiger partial charge in [-0.3, -0.25) is 0 Å². The van der Waals surface area contributed by atoms with Crippen molar-refractivity contribution in [1.82, 2.24) is 9.97 Å². The summed E-state index contributed by atoms with van der Waals surface area (Å²) in [6, 6.07) is 26.7. The van der Waals surface area contributed by atoms with Crippen molar-refractivity contribution in [2.45, 2.75) is 19.6 Å². The van der Waals surface area contributed by atoms with Crippen molar-refractivity contribution in [3.63, 3.8) is 0 Å². The molecule has 8 rings (SSSR count). The Bertz CT molecular complexity index is 2170. The predicted octanol–water partition coefficient (Wildman–Crippen LogP) is 10.6. The monoisotopic (exact) mass is 654 g/mol. The molecule has 2 N–H and O–H groups in total. The molecule has 40 heavy (non-hydrogen) atoms. The van der Waals surface area contributed by atoms with Crippen LogP contribution in [0.3, 0.4) is 0 Å². The Labute approximate surface area is 256 Å². The van der Waals surface area contributed by atoms with Crippen LogP contribution in [-0.2, 0) is 0 Å². The number of thiol groups is 1. The van der Waals surface area contributed by atoms with Gasteiger partial charge in [-0.15, -0.1) is 22.7 Å². The minimum absolute atomic E-state index is 1.14. The number of aromatic amines is 2. The quantitative estimate of drug-likeness (QED) is 0.116. The van der Waals surface area contributed by atoms with E-state index in [4.69, 9.17) is 0 Å². The van der Waals surface area contributed by atoms with E-state index in [9.17, 15) is 0 Å². The fourth-order valence-corrected chi connectivity index (χ4v) is 8.98. The summed E-state index contributed by atoms with van der Waals surface area (Å²) in [4.78, 5) is 6.60. The normalized spacial score (nSPS) is 11.7. The van der Waals surface area contributed by atoms with Crippen LogP contribution in [0.2, 0.25) is 19.6 Å². The summed E-state index contributed by atoms with van der Waals surface area (Å²) in [5, 5.41) is 9.75. The number of halogens is 1. The van der Waals surface area contributed by atoms with E-state index in [1.54, 1.807) is 0 Å². The zero-order chi connectivity index (χ0) is 28.0. The van der Waals surface area contributed by atoms with Gasteiger partial charge in [-0.1, -0.05) is 52.9 Å². The van der Waals surface area contributed by atoms with Crippen LogP contribution in [0, 0.1) is 0 Å². The number of H-pyrrole nitrogens is 2. The average molecular weight is 656 g/mol. The second-order valence-corrected chi connectivity index (χ2v) is 19.1. The van der Waals surface area contributed by atoms with Gasteiger partial charge in [0.1, 0.15) is 0 Å². The number of hydrogen-bond acceptors (Lipinski definition) is 4. The summed E-state index contributed by atoms with van der Waals surface area (Å²) in [6.45, 7) is 7.23. The number of aromatic nitrogens is 2. The van der Waals surface area contributed by atoms with Crippen molar-refractivity contribution < 1.29 is 0 Å². The van der Waals surface area contributed by atoms with Gasteiger partial charge in [-0.05, 0) is 60.7 Å². The van der Waals surface area contributed by atoms with Crippen LogP contribution in [0.15, 0.2) is 94.0 Å². The molecule has 1 radical (unpaired) electrons. The van der Waals surface area contributed by atoms with Gasteiger partial charge in [-0.25, -0.2) is 0 Å². The molecule has 4 aromatic heterocycles. The molecule has 0 saturated heterocycles. The molecule has 0 aliphatic carbocycles. The first-order valence-corrected chi connectivity index (χ1v) is 19.2. The number of nitrogens with one attached hydrogen (secondary N) is 2. The van der Waals surface area contributed by atoms with E-state index in [1.807, 2.05) is 35.1 Å². The van der Waals surface area contributed by atoms with Gasteiger partial charge >= 0.3 is 24.8 Å². The van der Waals surface area contributed by atoms with Crippen molar-refractivity contribution in [2.75, 3.05) is 0 Å². The van der Waals surface area contributed by atoms with Gasteiger partial charge < -0.3 is 9.97 Å². The van der Waals surface area contributed by atoms with E-state index in [2.05, 4.69) is 143 Å². The molecule has 9 heteroatoms. The first kappa shape index (κ1) is 27.5. The zero-order valence-electron chi connectivity index (χ0n) is 22.2. The Balaban J connectivity index is 0.000000133. The van der Waals surface area contributed by atoms with Crippen molar-refractivity contribution in [3.05, 3.63) is 89.7 Å². The molecule has 0 saturated carbocycles. The van der Waals surface area contributed by atoms with Crippen LogP contribution >= 0.6 is 51.4 Å². The molecule has 3 nitrogen and oxygen atoms in total. The fraction of sp³-hybridized carbons (Fsp3) is 0.0968. The summed E-state index contributed by atoms with van der Waals surface area (Å²) in [5.74, 6) is 0. The molecule has 0 atom stereocenters. The van der Waals surface area contributed by atoms with E-state index < -0.39 is 8.07 Å². The molecule has 8 aromatic rings. The molecule has 0 unspecified atom stereocenters. The maximum absolute atomic E-state index is 4.34. The third-order valence-electron chi connectivity index (χ3n) is 7.16. The zero-order valence-corrected chi connectivity index (χ0v) is 27.4. The Morgan fingerprint density at radius 3 is 1.68 bits per heavy atom. The second-order valence-electron chi connectivity index (χ2n) is 10.7.